The highest BCUT2D eigenvalue weighted by Gasteiger charge is 2.78. The Kier molecular flexibility index (Phi) is 4.26. The second-order valence-corrected chi connectivity index (χ2v) is 10.9. The molecule has 1 heterocycles. The molecule has 3 saturated carbocycles. The average Bonchev–Trinajstić information content (AvgIpc) is 2.75. The molecule has 5 nitrogen and oxygen atoms in total. The minimum atomic E-state index is -0.624. The summed E-state index contributed by atoms with van der Waals surface area (Å²) in [7, 11) is 1.83. The van der Waals surface area contributed by atoms with Crippen molar-refractivity contribution in [2.24, 2.45) is 16.7 Å². The Balaban J connectivity index is 1.37. The molecular formula is C23H30ClFN3O2+. The molecular weight excluding hydrogens is 405 g/mol. The van der Waals surface area contributed by atoms with Crippen LogP contribution >= 0.6 is 11.6 Å². The molecule has 0 aromatic heterocycles. The van der Waals surface area contributed by atoms with Gasteiger partial charge in [0, 0.05) is 36.2 Å². The minimum Gasteiger partial charge on any atom is -0.390 e. The van der Waals surface area contributed by atoms with Crippen molar-refractivity contribution in [2.75, 3.05) is 7.05 Å². The van der Waals surface area contributed by atoms with Gasteiger partial charge in [-0.2, -0.15) is 0 Å². The number of halogens is 2. The van der Waals surface area contributed by atoms with Crippen LogP contribution in [-0.4, -0.2) is 46.4 Å². The van der Waals surface area contributed by atoms with E-state index in [0.717, 1.165) is 25.7 Å². The summed E-state index contributed by atoms with van der Waals surface area (Å²) in [5.74, 6) is -0.884. The van der Waals surface area contributed by atoms with Gasteiger partial charge in [-0.1, -0.05) is 25.4 Å². The third kappa shape index (κ3) is 2.47. The summed E-state index contributed by atoms with van der Waals surface area (Å²) < 4.78 is 14.1. The van der Waals surface area contributed by atoms with Gasteiger partial charge < -0.3 is 20.7 Å². The molecule has 3 aliphatic carbocycles. The average molecular weight is 435 g/mol. The zero-order valence-electron chi connectivity index (χ0n) is 17.8. The number of aliphatic hydroxyl groups is 1. The fraction of sp³-hybridized carbons (Fsp3) is 0.652. The molecule has 7 heteroatoms. The number of likely N-dealkylation sites (tertiary alicyclic amines) is 1. The lowest BCUT2D eigenvalue weighted by atomic mass is 9.43. The second kappa shape index (κ2) is 6.27. The number of hydrogen-bond donors (Lipinski definition) is 3. The Morgan fingerprint density at radius 1 is 1.40 bits per heavy atom. The van der Waals surface area contributed by atoms with Crippen LogP contribution in [-0.2, 0) is 4.79 Å². The lowest BCUT2D eigenvalue weighted by molar-refractivity contribution is -0.539. The summed E-state index contributed by atoms with van der Waals surface area (Å²) >= 11 is 6.20. The van der Waals surface area contributed by atoms with Crippen LogP contribution in [0.2, 0.25) is 5.02 Å². The van der Waals surface area contributed by atoms with E-state index in [0.29, 0.717) is 17.7 Å². The van der Waals surface area contributed by atoms with Crippen molar-refractivity contribution in [3.05, 3.63) is 28.5 Å². The van der Waals surface area contributed by atoms with Gasteiger partial charge in [0.15, 0.2) is 0 Å². The van der Waals surface area contributed by atoms with E-state index in [1.54, 1.807) is 11.4 Å². The molecule has 1 aromatic carbocycles. The van der Waals surface area contributed by atoms with Crippen LogP contribution in [0.4, 0.5) is 10.1 Å². The number of nitrogens with one attached hydrogen (secondary N) is 1. The molecule has 1 spiro atoms. The number of benzene rings is 1. The second-order valence-electron chi connectivity index (χ2n) is 10.5. The van der Waals surface area contributed by atoms with Gasteiger partial charge in [0.25, 0.3) is 0 Å². The van der Waals surface area contributed by atoms with E-state index in [2.05, 4.69) is 6.92 Å². The maximum absolute atomic E-state index is 14.1. The van der Waals surface area contributed by atoms with Crippen molar-refractivity contribution in [3.8, 4) is 0 Å². The Labute approximate surface area is 181 Å². The smallest absolute Gasteiger partial charge is 0.223 e. The third-order valence-electron chi connectivity index (χ3n) is 8.83. The lowest BCUT2D eigenvalue weighted by Crippen LogP contribution is -2.73. The topological polar surface area (TPSA) is 81.0 Å². The van der Waals surface area contributed by atoms with Gasteiger partial charge >= 0.3 is 0 Å². The first-order valence-corrected chi connectivity index (χ1v) is 11.3. The highest BCUT2D eigenvalue weighted by atomic mass is 35.5. The number of nitrogens with two attached hydrogens (primary N) is 1. The number of piperidine rings is 2. The summed E-state index contributed by atoms with van der Waals surface area (Å²) in [6.45, 7) is 4.09. The molecule has 162 valence electrons. The zero-order chi connectivity index (χ0) is 21.6. The Morgan fingerprint density at radius 3 is 2.83 bits per heavy atom. The molecule has 4 aliphatic rings. The molecule has 4 N–H and O–H groups in total. The van der Waals surface area contributed by atoms with Crippen molar-refractivity contribution in [1.29, 1.82) is 5.41 Å². The Hall–Kier alpha value is -1.50. The highest BCUT2D eigenvalue weighted by Crippen LogP contribution is 2.78. The quantitative estimate of drug-likeness (QED) is 0.492. The van der Waals surface area contributed by atoms with E-state index in [1.807, 2.05) is 18.9 Å². The predicted molar refractivity (Wildman–Crippen MR) is 113 cm³/mol. The molecule has 1 aliphatic heterocycles. The van der Waals surface area contributed by atoms with Crippen LogP contribution in [0.5, 0.6) is 0 Å². The van der Waals surface area contributed by atoms with E-state index in [9.17, 15) is 14.3 Å². The van der Waals surface area contributed by atoms with Gasteiger partial charge in [-0.25, -0.2) is 4.39 Å². The molecule has 30 heavy (non-hydrogen) atoms. The number of rotatable bonds is 5. The summed E-state index contributed by atoms with van der Waals surface area (Å²) in [6.07, 6.45) is 4.54. The number of fused-ring (bicyclic) bond motifs is 4. The van der Waals surface area contributed by atoms with E-state index in [4.69, 9.17) is 17.0 Å². The first-order chi connectivity index (χ1) is 14.0. The standard InChI is InChI=1S/C23H29ClFN3O2/c1-12(20(26)18-15(27-3)5-4-14(25)19(18)24)6-17(29)28-13-7-22-9-16(28)21(22,2)10-23(30,8-13)11-22/h4-5,12-13,16,26-27,30H,6-11H2,1-3H3/p+1. The van der Waals surface area contributed by atoms with Crippen molar-refractivity contribution in [1.82, 2.24) is 4.90 Å². The number of nitrogens with zero attached hydrogens (tertiary/aromatic N) is 1. The van der Waals surface area contributed by atoms with Crippen LogP contribution in [0.25, 0.3) is 0 Å². The van der Waals surface area contributed by atoms with E-state index in [-0.39, 0.29) is 51.9 Å². The van der Waals surface area contributed by atoms with Gasteiger partial charge in [-0.3, -0.25) is 4.79 Å². The van der Waals surface area contributed by atoms with Crippen molar-refractivity contribution in [3.63, 3.8) is 0 Å². The molecule has 4 fully saturated rings. The number of carbonyl (C=O) groups excluding carboxylic acids is 1. The first kappa shape index (κ1) is 20.4. The fourth-order valence-electron chi connectivity index (χ4n) is 7.53. The molecule has 6 unspecified atom stereocenters. The lowest BCUT2D eigenvalue weighted by Gasteiger charge is -2.70. The molecule has 1 amide bonds. The maximum atomic E-state index is 14.1. The van der Waals surface area contributed by atoms with Crippen LogP contribution in [0.3, 0.4) is 0 Å². The maximum Gasteiger partial charge on any atom is 0.223 e. The Bertz CT molecular complexity index is 970. The van der Waals surface area contributed by atoms with Crippen LogP contribution in [0.1, 0.15) is 57.9 Å². The first-order valence-electron chi connectivity index (χ1n) is 10.9. The van der Waals surface area contributed by atoms with Crippen LogP contribution in [0.15, 0.2) is 12.1 Å². The number of amides is 1. The van der Waals surface area contributed by atoms with E-state index < -0.39 is 11.4 Å². The summed E-state index contributed by atoms with van der Waals surface area (Å²) in [5.41, 5.74) is 0.875. The van der Waals surface area contributed by atoms with Crippen molar-refractivity contribution < 1.29 is 19.6 Å². The number of quaternary nitrogens is 1. The normalized spacial score (nSPS) is 39.1. The molecule has 5 rings (SSSR count). The molecule has 1 saturated heterocycles. The van der Waals surface area contributed by atoms with Gasteiger partial charge in [0.05, 0.1) is 23.2 Å². The Morgan fingerprint density at radius 2 is 2.13 bits per heavy atom. The molecule has 1 aromatic rings. The zero-order valence-corrected chi connectivity index (χ0v) is 18.5. The minimum absolute atomic E-state index is 0.0113. The van der Waals surface area contributed by atoms with Gasteiger partial charge in [-0.05, 0) is 49.0 Å². The molecule has 0 radical (unpaired) electrons. The number of hydrogen-bond acceptors (Lipinski definition) is 3. The van der Waals surface area contributed by atoms with Crippen LogP contribution < -0.4 is 5.32 Å². The SMILES string of the molecule is C[NH2+]c1ccc(F)c(Cl)c1C(=N)C(C)CC(=O)N1C2CC3(O)CC4(C2)CC1C4(C)C3. The largest absolute Gasteiger partial charge is 0.390 e. The summed E-state index contributed by atoms with van der Waals surface area (Å²) in [5, 5.41) is 21.5. The van der Waals surface area contributed by atoms with Crippen LogP contribution in [0, 0.1) is 28.0 Å². The fourth-order valence-corrected chi connectivity index (χ4v) is 7.80. The molecule has 6 atom stereocenters. The highest BCUT2D eigenvalue weighted by molar-refractivity contribution is 6.35. The summed E-state index contributed by atoms with van der Waals surface area (Å²) in [4.78, 5) is 15.5. The number of carbonyl (C=O) groups is 1. The van der Waals surface area contributed by atoms with Crippen molar-refractivity contribution in [2.45, 2.75) is 70.1 Å². The van der Waals surface area contributed by atoms with Crippen molar-refractivity contribution >= 4 is 28.9 Å². The van der Waals surface area contributed by atoms with Gasteiger partial charge in [-0.15, -0.1) is 0 Å². The van der Waals surface area contributed by atoms with Gasteiger partial charge in [0.1, 0.15) is 11.5 Å². The summed E-state index contributed by atoms with van der Waals surface area (Å²) in [6, 6.07) is 3.22. The molecule has 4 bridgehead atoms. The van der Waals surface area contributed by atoms with Gasteiger partial charge in [0.2, 0.25) is 5.91 Å². The van der Waals surface area contributed by atoms with E-state index in [1.165, 1.54) is 6.07 Å². The predicted octanol–water partition coefficient (Wildman–Crippen LogP) is 2.99. The third-order valence-corrected chi connectivity index (χ3v) is 9.20. The van der Waals surface area contributed by atoms with E-state index >= 15 is 0 Å². The monoisotopic (exact) mass is 434 g/mol.